The number of carbonyl (C=O) groups is 3. The van der Waals surface area contributed by atoms with E-state index in [2.05, 4.69) is 20.3 Å². The van der Waals surface area contributed by atoms with E-state index in [1.807, 2.05) is 0 Å². The molecule has 2 rings (SSSR count). The fourth-order valence-electron chi connectivity index (χ4n) is 3.73. The van der Waals surface area contributed by atoms with Crippen LogP contribution in [-0.2, 0) is 24.4 Å². The Morgan fingerprint density at radius 2 is 1.74 bits per heavy atom. The van der Waals surface area contributed by atoms with Gasteiger partial charge in [-0.2, -0.15) is 4.72 Å². The maximum Gasteiger partial charge on any atom is 0.322 e. The first-order valence-corrected chi connectivity index (χ1v) is 12.8. The highest BCUT2D eigenvalue weighted by Gasteiger charge is 2.40. The third kappa shape index (κ3) is 7.22. The van der Waals surface area contributed by atoms with E-state index in [1.54, 1.807) is 52.9 Å². The Hall–Kier alpha value is -3.05. The number of sulfonamides is 1. The average Bonchev–Trinajstić information content (AvgIpc) is 2.77. The molecule has 3 atom stereocenters. The van der Waals surface area contributed by atoms with Gasteiger partial charge in [-0.3, -0.25) is 19.4 Å². The molecule has 0 spiro atoms. The Morgan fingerprint density at radius 3 is 2.29 bits per heavy atom. The lowest BCUT2D eigenvalue weighted by Crippen LogP contribution is -2.58. The van der Waals surface area contributed by atoms with E-state index in [0.29, 0.717) is 10.9 Å². The lowest BCUT2D eigenvalue weighted by molar-refractivity contribution is -0.144. The van der Waals surface area contributed by atoms with Crippen LogP contribution in [0.2, 0.25) is 0 Å². The molecule has 0 fully saturated rings. The standard InChI is InChI=1S/C24H34N4O6S/c1-14(2)12-17(21(29)27-20(22(30)25-6)24(3,4)5)19(23(31)32)28-35(33,34)16-9-10-18-15(13-16)8-7-11-26-18/h7-11,13-14,17,19-20,28H,12H2,1-6H3,(H,25,30)(H,27,29)(H,31,32)/t17-,19+,20-/m1/s1. The number of carbonyl (C=O) groups excluding carboxylic acids is 2. The van der Waals surface area contributed by atoms with E-state index in [1.165, 1.54) is 25.2 Å². The van der Waals surface area contributed by atoms with Gasteiger partial charge in [0.15, 0.2) is 0 Å². The van der Waals surface area contributed by atoms with Crippen LogP contribution < -0.4 is 15.4 Å². The molecule has 35 heavy (non-hydrogen) atoms. The van der Waals surface area contributed by atoms with E-state index in [0.717, 1.165) is 0 Å². The SMILES string of the molecule is CNC(=O)[C@@H](NC(=O)[C@H](CC(C)C)[C@H](NS(=O)(=O)c1ccc2ncccc2c1)C(=O)O)C(C)(C)C. The molecule has 1 heterocycles. The van der Waals surface area contributed by atoms with Crippen LogP contribution in [0, 0.1) is 17.3 Å². The summed E-state index contributed by atoms with van der Waals surface area (Å²) in [6, 6.07) is 4.89. The molecule has 2 aromatic rings. The fraction of sp³-hybridized carbons (Fsp3) is 0.500. The summed E-state index contributed by atoms with van der Waals surface area (Å²) in [4.78, 5) is 41.9. The number of aliphatic carboxylic acids is 1. The summed E-state index contributed by atoms with van der Waals surface area (Å²) in [7, 11) is -2.87. The van der Waals surface area contributed by atoms with Gasteiger partial charge in [-0.05, 0) is 42.0 Å². The quantitative estimate of drug-likeness (QED) is 0.384. The number of amides is 2. The van der Waals surface area contributed by atoms with E-state index in [4.69, 9.17) is 0 Å². The topological polar surface area (TPSA) is 155 Å². The number of benzene rings is 1. The van der Waals surface area contributed by atoms with Crippen molar-refractivity contribution in [3.63, 3.8) is 0 Å². The highest BCUT2D eigenvalue weighted by atomic mass is 32.2. The van der Waals surface area contributed by atoms with Gasteiger partial charge in [0, 0.05) is 18.6 Å². The van der Waals surface area contributed by atoms with Crippen LogP contribution in [0.4, 0.5) is 0 Å². The summed E-state index contributed by atoms with van der Waals surface area (Å²) in [5.41, 5.74) is -0.0871. The second-order valence-electron chi connectivity index (χ2n) is 9.95. The van der Waals surface area contributed by atoms with E-state index < -0.39 is 51.2 Å². The zero-order chi connectivity index (χ0) is 26.6. The van der Waals surface area contributed by atoms with E-state index in [9.17, 15) is 27.9 Å². The molecule has 0 saturated heterocycles. The number of aromatic nitrogens is 1. The molecule has 1 aromatic carbocycles. The number of likely N-dealkylation sites (N-methyl/N-ethyl adjacent to an activating group) is 1. The molecule has 11 heteroatoms. The predicted molar refractivity (Wildman–Crippen MR) is 132 cm³/mol. The van der Waals surface area contributed by atoms with Crippen molar-refractivity contribution >= 4 is 38.7 Å². The Labute approximate surface area is 205 Å². The highest BCUT2D eigenvalue weighted by Crippen LogP contribution is 2.24. The van der Waals surface area contributed by atoms with Crippen molar-refractivity contribution in [2.24, 2.45) is 17.3 Å². The number of rotatable bonds is 10. The van der Waals surface area contributed by atoms with Gasteiger partial charge in [0.05, 0.1) is 16.3 Å². The molecule has 10 nitrogen and oxygen atoms in total. The van der Waals surface area contributed by atoms with Gasteiger partial charge in [0.2, 0.25) is 21.8 Å². The molecule has 0 bridgehead atoms. The third-order valence-corrected chi connectivity index (χ3v) is 7.00. The van der Waals surface area contributed by atoms with E-state index >= 15 is 0 Å². The first-order chi connectivity index (χ1) is 16.2. The number of carboxylic acids is 1. The second-order valence-corrected chi connectivity index (χ2v) is 11.7. The smallest absolute Gasteiger partial charge is 0.322 e. The van der Waals surface area contributed by atoms with Crippen molar-refractivity contribution in [3.05, 3.63) is 36.5 Å². The Kier molecular flexibility index (Phi) is 8.96. The van der Waals surface area contributed by atoms with E-state index in [-0.39, 0.29) is 17.2 Å². The van der Waals surface area contributed by atoms with Crippen molar-refractivity contribution in [3.8, 4) is 0 Å². The summed E-state index contributed by atoms with van der Waals surface area (Å²) in [6.07, 6.45) is 1.66. The summed E-state index contributed by atoms with van der Waals surface area (Å²) in [6.45, 7) is 8.87. The first-order valence-electron chi connectivity index (χ1n) is 11.3. The normalized spacial score (nSPS) is 14.8. The molecule has 0 aliphatic carbocycles. The van der Waals surface area contributed by atoms with Crippen LogP contribution in [0.5, 0.6) is 0 Å². The minimum Gasteiger partial charge on any atom is -0.480 e. The number of carboxylic acid groups (broad SMARTS) is 1. The molecule has 1 aromatic heterocycles. The molecule has 192 valence electrons. The molecule has 4 N–H and O–H groups in total. The highest BCUT2D eigenvalue weighted by molar-refractivity contribution is 7.89. The van der Waals surface area contributed by atoms with Gasteiger partial charge in [-0.25, -0.2) is 8.42 Å². The number of nitrogens with one attached hydrogen (secondary N) is 3. The molecule has 0 saturated carbocycles. The number of pyridine rings is 1. The minimum absolute atomic E-state index is 0.0809. The largest absolute Gasteiger partial charge is 0.480 e. The lowest BCUT2D eigenvalue weighted by atomic mass is 9.84. The minimum atomic E-state index is -4.31. The van der Waals surface area contributed by atoms with Crippen molar-refractivity contribution in [1.82, 2.24) is 20.3 Å². The fourth-order valence-corrected chi connectivity index (χ4v) is 5.00. The van der Waals surface area contributed by atoms with Gasteiger partial charge in [-0.1, -0.05) is 40.7 Å². The van der Waals surface area contributed by atoms with Gasteiger partial charge in [0.25, 0.3) is 0 Å². The molecule has 0 aliphatic heterocycles. The zero-order valence-electron chi connectivity index (χ0n) is 20.8. The second kappa shape index (κ2) is 11.1. The van der Waals surface area contributed by atoms with Crippen LogP contribution in [0.25, 0.3) is 10.9 Å². The van der Waals surface area contributed by atoms with Crippen LogP contribution in [0.15, 0.2) is 41.4 Å². The van der Waals surface area contributed by atoms with Gasteiger partial charge < -0.3 is 15.7 Å². The molecule has 2 amide bonds. The van der Waals surface area contributed by atoms with Crippen molar-refractivity contribution in [2.45, 2.75) is 58.0 Å². The maximum atomic E-state index is 13.3. The predicted octanol–water partition coefficient (Wildman–Crippen LogP) is 1.91. The van der Waals surface area contributed by atoms with Gasteiger partial charge in [0.1, 0.15) is 12.1 Å². The van der Waals surface area contributed by atoms with Crippen LogP contribution in [0.1, 0.15) is 41.0 Å². The molecule has 0 unspecified atom stereocenters. The number of fused-ring (bicyclic) bond motifs is 1. The molecular formula is C24H34N4O6S. The molecule has 0 aliphatic rings. The van der Waals surface area contributed by atoms with Crippen molar-refractivity contribution in [2.75, 3.05) is 7.05 Å². The van der Waals surface area contributed by atoms with Crippen molar-refractivity contribution in [1.29, 1.82) is 0 Å². The number of hydrogen-bond acceptors (Lipinski definition) is 6. The Balaban J connectivity index is 2.42. The first kappa shape index (κ1) is 28.2. The summed E-state index contributed by atoms with van der Waals surface area (Å²) < 4.78 is 28.5. The van der Waals surface area contributed by atoms with Crippen LogP contribution >= 0.6 is 0 Å². The molecule has 0 radical (unpaired) electrons. The number of hydrogen-bond donors (Lipinski definition) is 4. The van der Waals surface area contributed by atoms with Gasteiger partial charge in [-0.15, -0.1) is 0 Å². The summed E-state index contributed by atoms with van der Waals surface area (Å²) >= 11 is 0. The van der Waals surface area contributed by atoms with Crippen molar-refractivity contribution < 1.29 is 27.9 Å². The Morgan fingerprint density at radius 1 is 1.09 bits per heavy atom. The third-order valence-electron chi connectivity index (χ3n) is 5.56. The maximum absolute atomic E-state index is 13.3. The monoisotopic (exact) mass is 506 g/mol. The summed E-state index contributed by atoms with van der Waals surface area (Å²) in [5.74, 6) is -4.05. The average molecular weight is 507 g/mol. The van der Waals surface area contributed by atoms with Gasteiger partial charge >= 0.3 is 5.97 Å². The molecular weight excluding hydrogens is 472 g/mol. The Bertz CT molecular complexity index is 1190. The van der Waals surface area contributed by atoms with Crippen LogP contribution in [0.3, 0.4) is 0 Å². The zero-order valence-corrected chi connectivity index (χ0v) is 21.6. The number of nitrogens with zero attached hydrogens (tertiary/aromatic N) is 1. The van der Waals surface area contributed by atoms with Crippen LogP contribution in [-0.4, -0.2) is 55.4 Å². The lowest BCUT2D eigenvalue weighted by Gasteiger charge is -2.33. The summed E-state index contributed by atoms with van der Waals surface area (Å²) in [5, 5.41) is 15.6.